The minimum Gasteiger partial charge on any atom is -0.393 e. The van der Waals surface area contributed by atoms with Crippen LogP contribution in [0, 0.1) is 0 Å². The molecule has 2 heteroatoms. The Hall–Kier alpha value is -0.470. The van der Waals surface area contributed by atoms with Crippen LogP contribution in [0.15, 0.2) is 29.2 Å². The van der Waals surface area contributed by atoms with Gasteiger partial charge in [0.2, 0.25) is 0 Å². The van der Waals surface area contributed by atoms with Gasteiger partial charge in [-0.1, -0.05) is 32.9 Å². The van der Waals surface area contributed by atoms with Crippen molar-refractivity contribution < 1.29 is 5.11 Å². The summed E-state index contributed by atoms with van der Waals surface area (Å²) in [6.45, 7) is 6.73. The van der Waals surface area contributed by atoms with Crippen LogP contribution in [0.2, 0.25) is 0 Å². The molecule has 1 aliphatic rings. The molecule has 1 aromatic carbocycles. The van der Waals surface area contributed by atoms with E-state index in [1.54, 1.807) is 0 Å². The molecule has 1 nitrogen and oxygen atoms in total. The average molecular weight is 264 g/mol. The third-order valence-corrected chi connectivity index (χ3v) is 4.93. The van der Waals surface area contributed by atoms with Crippen LogP contribution in [0.1, 0.15) is 52.0 Å². The van der Waals surface area contributed by atoms with E-state index >= 15 is 0 Å². The first-order chi connectivity index (χ1) is 8.45. The molecule has 1 fully saturated rings. The van der Waals surface area contributed by atoms with Gasteiger partial charge in [0.15, 0.2) is 0 Å². The van der Waals surface area contributed by atoms with E-state index in [2.05, 4.69) is 45.0 Å². The molecule has 0 bridgehead atoms. The maximum absolute atomic E-state index is 9.70. The molecule has 0 spiro atoms. The summed E-state index contributed by atoms with van der Waals surface area (Å²) in [7, 11) is 0. The van der Waals surface area contributed by atoms with Crippen LogP contribution >= 0.6 is 11.8 Å². The molecule has 0 aromatic heterocycles. The smallest absolute Gasteiger partial charge is 0.0551 e. The highest BCUT2D eigenvalue weighted by Gasteiger charge is 2.21. The normalized spacial score (nSPS) is 25.1. The molecular weight excluding hydrogens is 240 g/mol. The number of benzene rings is 1. The van der Waals surface area contributed by atoms with Gasteiger partial charge in [-0.15, -0.1) is 11.8 Å². The summed E-state index contributed by atoms with van der Waals surface area (Å²) in [6.07, 6.45) is 4.26. The Morgan fingerprint density at radius 3 is 2.33 bits per heavy atom. The van der Waals surface area contributed by atoms with Crippen LogP contribution in [0.3, 0.4) is 0 Å². The first-order valence-corrected chi connectivity index (χ1v) is 7.78. The summed E-state index contributed by atoms with van der Waals surface area (Å²) in [5.41, 5.74) is 1.61. The molecular formula is C16H24OS. The molecule has 0 radical (unpaired) electrons. The summed E-state index contributed by atoms with van der Waals surface area (Å²) in [4.78, 5) is 1.34. The second-order valence-corrected chi connectivity index (χ2v) is 7.71. The van der Waals surface area contributed by atoms with Crippen LogP contribution in [-0.4, -0.2) is 16.5 Å². The molecule has 0 aliphatic heterocycles. The lowest BCUT2D eigenvalue weighted by molar-refractivity contribution is 0.133. The molecule has 2 unspecified atom stereocenters. The van der Waals surface area contributed by atoms with Crippen molar-refractivity contribution in [1.82, 2.24) is 0 Å². The molecule has 1 aromatic rings. The van der Waals surface area contributed by atoms with Crippen molar-refractivity contribution in [2.24, 2.45) is 0 Å². The van der Waals surface area contributed by atoms with Crippen LogP contribution in [0.5, 0.6) is 0 Å². The topological polar surface area (TPSA) is 20.2 Å². The zero-order valence-electron chi connectivity index (χ0n) is 11.6. The quantitative estimate of drug-likeness (QED) is 0.855. The van der Waals surface area contributed by atoms with Crippen molar-refractivity contribution >= 4 is 11.8 Å². The van der Waals surface area contributed by atoms with E-state index in [0.29, 0.717) is 5.25 Å². The third-order valence-electron chi connectivity index (χ3n) is 3.62. The van der Waals surface area contributed by atoms with E-state index in [4.69, 9.17) is 0 Å². The number of thioether (sulfide) groups is 1. The fourth-order valence-electron chi connectivity index (χ4n) is 2.45. The van der Waals surface area contributed by atoms with Crippen molar-refractivity contribution in [2.45, 2.75) is 68.1 Å². The van der Waals surface area contributed by atoms with E-state index in [9.17, 15) is 5.11 Å². The fraction of sp³-hybridized carbons (Fsp3) is 0.625. The van der Waals surface area contributed by atoms with E-state index in [-0.39, 0.29) is 11.5 Å². The lowest BCUT2D eigenvalue weighted by Crippen LogP contribution is -2.21. The molecule has 0 amide bonds. The van der Waals surface area contributed by atoms with Crippen molar-refractivity contribution in [3.8, 4) is 0 Å². The Morgan fingerprint density at radius 1 is 1.11 bits per heavy atom. The summed E-state index contributed by atoms with van der Waals surface area (Å²) in [5.74, 6) is 0. The molecule has 18 heavy (non-hydrogen) atoms. The molecule has 1 aliphatic carbocycles. The Balaban J connectivity index is 1.98. The highest BCUT2D eigenvalue weighted by molar-refractivity contribution is 8.00. The second-order valence-electron chi connectivity index (χ2n) is 6.33. The highest BCUT2D eigenvalue weighted by atomic mass is 32.2. The largest absolute Gasteiger partial charge is 0.393 e. The Bertz CT molecular complexity index is 377. The summed E-state index contributed by atoms with van der Waals surface area (Å²) in [6, 6.07) is 8.93. The standard InChI is InChI=1S/C16H24OS/c1-16(2,3)12-7-9-14(10-8-12)18-15-6-4-5-13(17)11-15/h7-10,13,15,17H,4-6,11H2,1-3H3. The van der Waals surface area contributed by atoms with Crippen molar-refractivity contribution in [3.63, 3.8) is 0 Å². The van der Waals surface area contributed by atoms with Gasteiger partial charge in [-0.25, -0.2) is 0 Å². The van der Waals surface area contributed by atoms with E-state index < -0.39 is 0 Å². The first kappa shape index (κ1) is 14.0. The van der Waals surface area contributed by atoms with Gasteiger partial charge in [-0.05, 0) is 48.8 Å². The predicted octanol–water partition coefficient (Wildman–Crippen LogP) is 4.38. The number of aliphatic hydroxyl groups excluding tert-OH is 1. The van der Waals surface area contributed by atoms with Gasteiger partial charge in [0.05, 0.1) is 6.10 Å². The van der Waals surface area contributed by atoms with E-state index in [1.165, 1.54) is 23.3 Å². The van der Waals surface area contributed by atoms with Crippen molar-refractivity contribution in [2.75, 3.05) is 0 Å². The highest BCUT2D eigenvalue weighted by Crippen LogP contribution is 2.34. The Kier molecular flexibility index (Phi) is 4.39. The molecule has 0 heterocycles. The van der Waals surface area contributed by atoms with Gasteiger partial charge in [0.1, 0.15) is 0 Å². The summed E-state index contributed by atoms with van der Waals surface area (Å²) >= 11 is 1.93. The summed E-state index contributed by atoms with van der Waals surface area (Å²) in [5, 5.41) is 10.3. The van der Waals surface area contributed by atoms with Gasteiger partial charge in [0, 0.05) is 10.1 Å². The molecule has 2 rings (SSSR count). The molecule has 0 saturated heterocycles. The average Bonchev–Trinajstić information content (AvgIpc) is 2.28. The predicted molar refractivity (Wildman–Crippen MR) is 79.3 cm³/mol. The second kappa shape index (κ2) is 5.66. The number of rotatable bonds is 2. The fourth-order valence-corrected chi connectivity index (χ4v) is 3.73. The van der Waals surface area contributed by atoms with Crippen LogP contribution in [-0.2, 0) is 5.41 Å². The van der Waals surface area contributed by atoms with Crippen molar-refractivity contribution in [1.29, 1.82) is 0 Å². The van der Waals surface area contributed by atoms with Gasteiger partial charge < -0.3 is 5.11 Å². The Labute approximate surface area is 115 Å². The maximum Gasteiger partial charge on any atom is 0.0551 e. The minimum atomic E-state index is -0.0786. The SMILES string of the molecule is CC(C)(C)c1ccc(SC2CCCC(O)C2)cc1. The molecule has 1 saturated carbocycles. The first-order valence-electron chi connectivity index (χ1n) is 6.90. The molecule has 100 valence electrons. The van der Waals surface area contributed by atoms with Crippen LogP contribution in [0.25, 0.3) is 0 Å². The lowest BCUT2D eigenvalue weighted by atomic mass is 9.87. The molecule has 1 N–H and O–H groups in total. The third kappa shape index (κ3) is 3.76. The zero-order chi connectivity index (χ0) is 13.2. The van der Waals surface area contributed by atoms with Gasteiger partial charge in [0.25, 0.3) is 0 Å². The molecule has 2 atom stereocenters. The minimum absolute atomic E-state index is 0.0786. The van der Waals surface area contributed by atoms with Gasteiger partial charge >= 0.3 is 0 Å². The lowest BCUT2D eigenvalue weighted by Gasteiger charge is -2.25. The zero-order valence-corrected chi connectivity index (χ0v) is 12.5. The number of hydrogen-bond donors (Lipinski definition) is 1. The monoisotopic (exact) mass is 264 g/mol. The summed E-state index contributed by atoms with van der Waals surface area (Å²) < 4.78 is 0. The van der Waals surface area contributed by atoms with Gasteiger partial charge in [-0.3, -0.25) is 0 Å². The number of hydrogen-bond acceptors (Lipinski definition) is 2. The van der Waals surface area contributed by atoms with Gasteiger partial charge in [-0.2, -0.15) is 0 Å². The van der Waals surface area contributed by atoms with E-state index in [0.717, 1.165) is 12.8 Å². The Morgan fingerprint density at radius 2 is 1.78 bits per heavy atom. The van der Waals surface area contributed by atoms with E-state index in [1.807, 2.05) is 11.8 Å². The number of aliphatic hydroxyl groups is 1. The van der Waals surface area contributed by atoms with Crippen LogP contribution in [0.4, 0.5) is 0 Å². The van der Waals surface area contributed by atoms with Crippen molar-refractivity contribution in [3.05, 3.63) is 29.8 Å². The van der Waals surface area contributed by atoms with Crippen LogP contribution < -0.4 is 0 Å². The maximum atomic E-state index is 9.70.